The molecule has 6 nitrogen and oxygen atoms in total. The van der Waals surface area contributed by atoms with Crippen molar-refractivity contribution in [2.24, 2.45) is 0 Å². The summed E-state index contributed by atoms with van der Waals surface area (Å²) in [5.41, 5.74) is 0.357. The molecule has 0 N–H and O–H groups in total. The predicted octanol–water partition coefficient (Wildman–Crippen LogP) is 2.84. The van der Waals surface area contributed by atoms with E-state index in [1.807, 2.05) is 0 Å². The lowest BCUT2D eigenvalue weighted by atomic mass is 10.2. The van der Waals surface area contributed by atoms with E-state index in [0.717, 1.165) is 23.7 Å². The van der Waals surface area contributed by atoms with E-state index in [2.05, 4.69) is 0 Å². The van der Waals surface area contributed by atoms with Gasteiger partial charge >= 0.3 is 5.69 Å². The zero-order valence-electron chi connectivity index (χ0n) is 11.8. The fourth-order valence-corrected chi connectivity index (χ4v) is 3.91. The van der Waals surface area contributed by atoms with Crippen LogP contribution in [0.5, 0.6) is 0 Å². The molecule has 1 aromatic carbocycles. The first kappa shape index (κ1) is 16.4. The summed E-state index contributed by atoms with van der Waals surface area (Å²) in [7, 11) is -1.93. The molecule has 2 aromatic rings. The molecule has 0 saturated carbocycles. The SMILES string of the molecule is CN(Cc1cccc(F)c1)c1sc(S(C)(=O)=O)cc1[N+](=O)[O-]. The van der Waals surface area contributed by atoms with Crippen molar-refractivity contribution in [2.45, 2.75) is 10.8 Å². The third-order valence-electron chi connectivity index (χ3n) is 2.89. The van der Waals surface area contributed by atoms with Gasteiger partial charge in [-0.25, -0.2) is 12.8 Å². The average molecular weight is 344 g/mol. The van der Waals surface area contributed by atoms with Crippen molar-refractivity contribution in [2.75, 3.05) is 18.2 Å². The van der Waals surface area contributed by atoms with E-state index < -0.39 is 20.6 Å². The first-order valence-corrected chi connectivity index (χ1v) is 8.83. The Labute approximate surface area is 130 Å². The van der Waals surface area contributed by atoms with Gasteiger partial charge in [-0.2, -0.15) is 0 Å². The molecule has 0 spiro atoms. The topological polar surface area (TPSA) is 80.5 Å². The Balaban J connectivity index is 2.38. The minimum Gasteiger partial charge on any atom is -0.356 e. The second-order valence-corrected chi connectivity index (χ2v) is 8.04. The van der Waals surface area contributed by atoms with Crippen LogP contribution in [0.15, 0.2) is 34.5 Å². The monoisotopic (exact) mass is 344 g/mol. The molecular formula is C13H13FN2O4S2. The number of benzene rings is 1. The number of rotatable bonds is 5. The lowest BCUT2D eigenvalue weighted by Gasteiger charge is -2.16. The van der Waals surface area contributed by atoms with Crippen LogP contribution in [0.2, 0.25) is 0 Å². The van der Waals surface area contributed by atoms with Crippen LogP contribution in [0.1, 0.15) is 5.56 Å². The highest BCUT2D eigenvalue weighted by atomic mass is 32.2. The van der Waals surface area contributed by atoms with Crippen molar-refractivity contribution in [1.29, 1.82) is 0 Å². The molecule has 0 aliphatic rings. The second kappa shape index (κ2) is 6.01. The highest BCUT2D eigenvalue weighted by Gasteiger charge is 2.26. The molecule has 0 bridgehead atoms. The van der Waals surface area contributed by atoms with Crippen LogP contribution in [0.25, 0.3) is 0 Å². The molecule has 0 radical (unpaired) electrons. The second-order valence-electron chi connectivity index (χ2n) is 4.77. The quantitative estimate of drug-likeness (QED) is 0.615. The molecule has 0 unspecified atom stereocenters. The number of halogens is 1. The van der Waals surface area contributed by atoms with Gasteiger partial charge in [0.1, 0.15) is 10.0 Å². The standard InChI is InChI=1S/C13H13FN2O4S2/c1-15(8-9-4-3-5-10(14)6-9)13-11(16(17)18)7-12(21-13)22(2,19)20/h3-7H,8H2,1-2H3. The largest absolute Gasteiger partial charge is 0.356 e. The molecule has 22 heavy (non-hydrogen) atoms. The fraction of sp³-hybridized carbons (Fsp3) is 0.231. The maximum atomic E-state index is 13.2. The van der Waals surface area contributed by atoms with Gasteiger partial charge in [-0.15, -0.1) is 0 Å². The zero-order valence-corrected chi connectivity index (χ0v) is 13.4. The Hall–Kier alpha value is -2.00. The molecule has 0 fully saturated rings. The van der Waals surface area contributed by atoms with E-state index in [4.69, 9.17) is 0 Å². The zero-order chi connectivity index (χ0) is 16.5. The lowest BCUT2D eigenvalue weighted by Crippen LogP contribution is -2.16. The maximum Gasteiger partial charge on any atom is 0.305 e. The first-order chi connectivity index (χ1) is 10.2. The Morgan fingerprint density at radius 1 is 1.36 bits per heavy atom. The van der Waals surface area contributed by atoms with Gasteiger partial charge in [0.25, 0.3) is 0 Å². The molecule has 0 aliphatic heterocycles. The Kier molecular flexibility index (Phi) is 4.47. The number of thiophene rings is 1. The van der Waals surface area contributed by atoms with E-state index in [-0.39, 0.29) is 21.4 Å². The van der Waals surface area contributed by atoms with Gasteiger partial charge in [-0.1, -0.05) is 23.5 Å². The van der Waals surface area contributed by atoms with Gasteiger partial charge in [-0.05, 0) is 17.7 Å². The van der Waals surface area contributed by atoms with Crippen molar-refractivity contribution >= 4 is 31.9 Å². The molecular weight excluding hydrogens is 331 g/mol. The predicted molar refractivity (Wildman–Crippen MR) is 82.6 cm³/mol. The van der Waals surface area contributed by atoms with E-state index in [9.17, 15) is 22.9 Å². The molecule has 1 aromatic heterocycles. The minimum atomic E-state index is -3.52. The van der Waals surface area contributed by atoms with Crippen molar-refractivity contribution in [3.8, 4) is 0 Å². The Morgan fingerprint density at radius 3 is 2.59 bits per heavy atom. The number of hydrogen-bond acceptors (Lipinski definition) is 6. The highest BCUT2D eigenvalue weighted by molar-refractivity contribution is 7.92. The van der Waals surface area contributed by atoms with Crippen molar-refractivity contribution < 1.29 is 17.7 Å². The molecule has 0 saturated heterocycles. The molecule has 9 heteroatoms. The molecule has 0 atom stereocenters. The maximum absolute atomic E-state index is 13.2. The van der Waals surface area contributed by atoms with Crippen molar-refractivity contribution in [1.82, 2.24) is 0 Å². The molecule has 2 rings (SSSR count). The number of hydrogen-bond donors (Lipinski definition) is 0. The van der Waals surface area contributed by atoms with Gasteiger partial charge in [0.15, 0.2) is 14.8 Å². The van der Waals surface area contributed by atoms with Gasteiger partial charge in [0.2, 0.25) is 0 Å². The van der Waals surface area contributed by atoms with Crippen LogP contribution in [-0.2, 0) is 16.4 Å². The van der Waals surface area contributed by atoms with Crippen molar-refractivity contribution in [3.63, 3.8) is 0 Å². The van der Waals surface area contributed by atoms with Crippen LogP contribution in [0.3, 0.4) is 0 Å². The summed E-state index contributed by atoms with van der Waals surface area (Å²) in [6.45, 7) is 0.225. The van der Waals surface area contributed by atoms with Crippen LogP contribution in [0.4, 0.5) is 15.1 Å². The minimum absolute atomic E-state index is 0.0692. The highest BCUT2D eigenvalue weighted by Crippen LogP contribution is 2.39. The number of nitrogens with zero attached hydrogens (tertiary/aromatic N) is 2. The molecule has 0 amide bonds. The normalized spacial score (nSPS) is 11.4. The van der Waals surface area contributed by atoms with E-state index in [1.54, 1.807) is 19.2 Å². The van der Waals surface area contributed by atoms with Gasteiger partial charge in [0.05, 0.1) is 4.92 Å². The number of nitro groups is 1. The van der Waals surface area contributed by atoms with Crippen LogP contribution in [0, 0.1) is 15.9 Å². The summed E-state index contributed by atoms with van der Waals surface area (Å²) in [5.74, 6) is -0.400. The lowest BCUT2D eigenvalue weighted by molar-refractivity contribution is -0.383. The molecule has 0 aliphatic carbocycles. The number of anilines is 1. The summed E-state index contributed by atoms with van der Waals surface area (Å²) in [6, 6.07) is 6.92. The first-order valence-electron chi connectivity index (χ1n) is 6.12. The molecule has 118 valence electrons. The van der Waals surface area contributed by atoms with Crippen molar-refractivity contribution in [3.05, 3.63) is 51.8 Å². The third-order valence-corrected chi connectivity index (χ3v) is 5.93. The van der Waals surface area contributed by atoms with E-state index >= 15 is 0 Å². The van der Waals surface area contributed by atoms with Crippen LogP contribution >= 0.6 is 11.3 Å². The Bertz CT molecular complexity index is 817. The summed E-state index contributed by atoms with van der Waals surface area (Å²) >= 11 is 0.829. The van der Waals surface area contributed by atoms with E-state index in [0.29, 0.717) is 5.56 Å². The molecule has 1 heterocycles. The summed E-state index contributed by atoms with van der Waals surface area (Å²) in [5, 5.41) is 11.3. The Morgan fingerprint density at radius 2 is 2.05 bits per heavy atom. The number of sulfone groups is 1. The average Bonchev–Trinajstić information content (AvgIpc) is 2.83. The summed E-state index contributed by atoms with van der Waals surface area (Å²) in [4.78, 5) is 12.0. The summed E-state index contributed by atoms with van der Waals surface area (Å²) < 4.78 is 36.2. The van der Waals surface area contributed by atoms with Gasteiger partial charge in [-0.3, -0.25) is 10.1 Å². The van der Waals surface area contributed by atoms with Gasteiger partial charge in [0, 0.05) is 25.9 Å². The summed E-state index contributed by atoms with van der Waals surface area (Å²) in [6.07, 6.45) is 0.999. The fourth-order valence-electron chi connectivity index (χ4n) is 1.92. The van der Waals surface area contributed by atoms with E-state index in [1.165, 1.54) is 17.0 Å². The van der Waals surface area contributed by atoms with Crippen LogP contribution in [-0.4, -0.2) is 26.6 Å². The van der Waals surface area contributed by atoms with Gasteiger partial charge < -0.3 is 4.90 Å². The van der Waals surface area contributed by atoms with Crippen LogP contribution < -0.4 is 4.90 Å². The third kappa shape index (κ3) is 3.60. The smallest absolute Gasteiger partial charge is 0.305 e.